The second kappa shape index (κ2) is 12.3. The summed E-state index contributed by atoms with van der Waals surface area (Å²) in [7, 11) is 0. The van der Waals surface area contributed by atoms with E-state index in [0.717, 1.165) is 36.1 Å². The van der Waals surface area contributed by atoms with Crippen LogP contribution in [0.1, 0.15) is 74.6 Å². The first-order chi connectivity index (χ1) is 22.2. The molecule has 1 aliphatic carbocycles. The van der Waals surface area contributed by atoms with Crippen molar-refractivity contribution >= 4 is 46.4 Å². The Hall–Kier alpha value is -4.64. The van der Waals surface area contributed by atoms with E-state index in [1.54, 1.807) is 11.1 Å². The first-order valence-corrected chi connectivity index (χ1v) is 15.8. The number of anilines is 3. The van der Waals surface area contributed by atoms with Crippen LogP contribution < -0.4 is 10.6 Å². The van der Waals surface area contributed by atoms with Crippen molar-refractivity contribution in [3.63, 3.8) is 0 Å². The highest BCUT2D eigenvalue weighted by Crippen LogP contribution is 2.41. The van der Waals surface area contributed by atoms with E-state index in [4.69, 9.17) is 16.0 Å². The van der Waals surface area contributed by atoms with E-state index in [-0.39, 0.29) is 52.9 Å². The number of nitrogens with zero attached hydrogens (tertiary/aromatic N) is 4. The van der Waals surface area contributed by atoms with Crippen molar-refractivity contribution in [2.75, 3.05) is 17.2 Å². The van der Waals surface area contributed by atoms with Gasteiger partial charge in [0.15, 0.2) is 5.82 Å². The molecule has 0 saturated heterocycles. The van der Waals surface area contributed by atoms with E-state index in [9.17, 15) is 18.4 Å². The van der Waals surface area contributed by atoms with E-state index in [0.29, 0.717) is 48.1 Å². The van der Waals surface area contributed by atoms with Gasteiger partial charge in [-0.2, -0.15) is 0 Å². The predicted octanol–water partition coefficient (Wildman–Crippen LogP) is 7.80. The zero-order chi connectivity index (χ0) is 31.9. The lowest BCUT2D eigenvalue weighted by atomic mass is 9.92. The molecule has 2 aromatic heterocycles. The average molecular weight is 645 g/mol. The van der Waals surface area contributed by atoms with Gasteiger partial charge in [0.1, 0.15) is 5.82 Å². The summed E-state index contributed by atoms with van der Waals surface area (Å²) >= 11 is 5.92. The van der Waals surface area contributed by atoms with Gasteiger partial charge in [0, 0.05) is 41.9 Å². The van der Waals surface area contributed by atoms with Gasteiger partial charge in [0.25, 0.3) is 0 Å². The van der Waals surface area contributed by atoms with Crippen LogP contribution in [0.3, 0.4) is 0 Å². The van der Waals surface area contributed by atoms with Crippen molar-refractivity contribution in [1.29, 1.82) is 0 Å². The first kappa shape index (κ1) is 30.0. The minimum Gasteiger partial charge on any atom is -0.408 e. The molecule has 7 rings (SSSR count). The predicted molar refractivity (Wildman–Crippen MR) is 169 cm³/mol. The number of carbonyl (C=O) groups excluding carboxylic acids is 2. The zero-order valence-corrected chi connectivity index (χ0v) is 25.8. The van der Waals surface area contributed by atoms with Crippen LogP contribution in [0, 0.1) is 17.6 Å². The minimum absolute atomic E-state index is 0.120. The van der Waals surface area contributed by atoms with Gasteiger partial charge in [-0.05, 0) is 79.6 Å². The second-order valence-electron chi connectivity index (χ2n) is 12.1. The van der Waals surface area contributed by atoms with Gasteiger partial charge >= 0.3 is 6.01 Å². The van der Waals surface area contributed by atoms with Gasteiger partial charge in [-0.15, -0.1) is 5.10 Å². The molecule has 4 heterocycles. The molecule has 2 bridgehead atoms. The second-order valence-corrected chi connectivity index (χ2v) is 12.5. The largest absolute Gasteiger partial charge is 0.408 e. The van der Waals surface area contributed by atoms with E-state index < -0.39 is 17.7 Å². The standard InChI is InChI=1S/C34H31ClF2N6O3/c1-18-3-2-4-28(43-14-12-21(16-29(43)44)30-25(36)10-9-24(35)31(30)37)27-15-20(11-13-38-27)23-8-7-22(17-26(23)40-32(18)45)39-34-42-41-33(46-34)19-5-6-19/h7-11,13,15-19,28H,2-6,12,14H2,1H3,(H,39,42)(H,40,45)/t18-,28+/m1/s1. The number of amides is 2. The number of rotatable bonds is 5. The first-order valence-electron chi connectivity index (χ1n) is 15.4. The smallest absolute Gasteiger partial charge is 0.320 e. The Morgan fingerprint density at radius 1 is 1.04 bits per heavy atom. The van der Waals surface area contributed by atoms with E-state index >= 15 is 0 Å². The van der Waals surface area contributed by atoms with Gasteiger partial charge in [-0.25, -0.2) is 8.78 Å². The molecule has 3 aliphatic rings. The topological polar surface area (TPSA) is 113 Å². The van der Waals surface area contributed by atoms with Crippen LogP contribution in [-0.4, -0.2) is 38.4 Å². The fraction of sp³-hybridized carbons (Fsp3) is 0.324. The molecule has 4 aromatic rings. The zero-order valence-electron chi connectivity index (χ0n) is 25.0. The summed E-state index contributed by atoms with van der Waals surface area (Å²) in [6.07, 6.45) is 7.12. The molecule has 2 atom stereocenters. The Labute approximate surface area is 269 Å². The molecule has 2 N–H and O–H groups in total. The van der Waals surface area contributed by atoms with Crippen molar-refractivity contribution in [2.24, 2.45) is 5.92 Å². The van der Waals surface area contributed by atoms with Crippen LogP contribution in [0.4, 0.5) is 26.2 Å². The molecule has 2 aromatic carbocycles. The SMILES string of the molecule is C[C@@H]1CCC[C@H](N2CCC(c3c(F)ccc(Cl)c3F)=CC2=O)c2cc(ccn2)-c2ccc(Nc3nnc(C4CC4)o3)cc2NC1=O. The molecule has 9 nitrogen and oxygen atoms in total. The third-order valence-corrected chi connectivity index (χ3v) is 9.13. The number of nitrogens with one attached hydrogen (secondary N) is 2. The van der Waals surface area contributed by atoms with Gasteiger partial charge < -0.3 is 20.0 Å². The Bertz CT molecular complexity index is 1870. The minimum atomic E-state index is -0.876. The molecule has 1 saturated carbocycles. The molecule has 2 aliphatic heterocycles. The number of hydrogen-bond acceptors (Lipinski definition) is 7. The molecule has 0 unspecified atom stereocenters. The van der Waals surface area contributed by atoms with E-state index in [1.165, 1.54) is 6.08 Å². The number of fused-ring (bicyclic) bond motifs is 4. The third kappa shape index (κ3) is 5.99. The molecule has 46 heavy (non-hydrogen) atoms. The molecular weight excluding hydrogens is 614 g/mol. The van der Waals surface area contributed by atoms with Gasteiger partial charge in [-0.1, -0.05) is 36.1 Å². The summed E-state index contributed by atoms with van der Waals surface area (Å²) < 4.78 is 35.2. The van der Waals surface area contributed by atoms with Crippen molar-refractivity contribution in [3.05, 3.63) is 88.5 Å². The highest BCUT2D eigenvalue weighted by Gasteiger charge is 2.32. The Morgan fingerprint density at radius 3 is 2.70 bits per heavy atom. The van der Waals surface area contributed by atoms with E-state index in [1.807, 2.05) is 37.3 Å². The summed E-state index contributed by atoms with van der Waals surface area (Å²) in [6, 6.07) is 11.5. The monoisotopic (exact) mass is 644 g/mol. The Morgan fingerprint density at radius 2 is 1.89 bits per heavy atom. The lowest BCUT2D eigenvalue weighted by Crippen LogP contribution is -2.38. The van der Waals surface area contributed by atoms with Crippen LogP contribution >= 0.6 is 11.6 Å². The summed E-state index contributed by atoms with van der Waals surface area (Å²) in [4.78, 5) is 33.2. The van der Waals surface area contributed by atoms with Gasteiger partial charge in [-0.3, -0.25) is 14.6 Å². The molecule has 2 amide bonds. The van der Waals surface area contributed by atoms with E-state index in [2.05, 4.69) is 25.8 Å². The molecule has 1 fully saturated rings. The highest BCUT2D eigenvalue weighted by molar-refractivity contribution is 6.31. The third-order valence-electron chi connectivity index (χ3n) is 8.84. The average Bonchev–Trinajstić information content (AvgIpc) is 3.79. The fourth-order valence-corrected chi connectivity index (χ4v) is 6.29. The van der Waals surface area contributed by atoms with Crippen molar-refractivity contribution in [1.82, 2.24) is 20.1 Å². The quantitative estimate of drug-likeness (QED) is 0.213. The number of aromatic nitrogens is 3. The Balaban J connectivity index is 1.21. The van der Waals surface area contributed by atoms with Crippen molar-refractivity contribution in [3.8, 4) is 11.1 Å². The number of pyridine rings is 1. The van der Waals surface area contributed by atoms with Crippen molar-refractivity contribution in [2.45, 2.75) is 57.4 Å². The maximum absolute atomic E-state index is 14.8. The lowest BCUT2D eigenvalue weighted by Gasteiger charge is -2.34. The molecule has 236 valence electrons. The summed E-state index contributed by atoms with van der Waals surface area (Å²) in [5.41, 5.74) is 3.54. The van der Waals surface area contributed by atoms with Crippen molar-refractivity contribution < 1.29 is 22.8 Å². The number of hydrogen-bond donors (Lipinski definition) is 2. The fourth-order valence-electron chi connectivity index (χ4n) is 6.13. The van der Waals surface area contributed by atoms with Crippen LogP contribution in [0.25, 0.3) is 16.7 Å². The van der Waals surface area contributed by atoms with Crippen LogP contribution in [0.2, 0.25) is 5.02 Å². The molecule has 0 spiro atoms. The van der Waals surface area contributed by atoms with Crippen LogP contribution in [0.15, 0.2) is 59.2 Å². The highest BCUT2D eigenvalue weighted by atomic mass is 35.5. The normalized spacial score (nSPS) is 20.3. The summed E-state index contributed by atoms with van der Waals surface area (Å²) in [6.45, 7) is 2.12. The molecule has 12 heteroatoms. The van der Waals surface area contributed by atoms with Crippen LogP contribution in [0.5, 0.6) is 0 Å². The summed E-state index contributed by atoms with van der Waals surface area (Å²) in [5, 5.41) is 14.3. The molecule has 0 radical (unpaired) electrons. The van der Waals surface area contributed by atoms with Crippen LogP contribution in [-0.2, 0) is 9.59 Å². The maximum atomic E-state index is 14.8. The van der Waals surface area contributed by atoms with Gasteiger partial charge in [0.05, 0.1) is 28.0 Å². The number of carbonyl (C=O) groups is 2. The maximum Gasteiger partial charge on any atom is 0.320 e. The molecular formula is C34H31ClF2N6O3. The lowest BCUT2D eigenvalue weighted by molar-refractivity contribution is -0.129. The number of benzene rings is 2. The Kier molecular flexibility index (Phi) is 8.02. The number of halogens is 3. The van der Waals surface area contributed by atoms with Gasteiger partial charge in [0.2, 0.25) is 17.7 Å². The summed E-state index contributed by atoms with van der Waals surface area (Å²) in [5.74, 6) is -1.47.